The highest BCUT2D eigenvalue weighted by Crippen LogP contribution is 2.43. The number of aliphatic hydroxyl groups excluding tert-OH is 1. The van der Waals surface area contributed by atoms with E-state index in [-0.39, 0.29) is 37.2 Å². The van der Waals surface area contributed by atoms with Gasteiger partial charge < -0.3 is 57.5 Å². The van der Waals surface area contributed by atoms with Crippen LogP contribution in [0.2, 0.25) is 36.3 Å². The molecule has 0 aliphatic carbocycles. The first-order valence-electron chi connectivity index (χ1n) is 25.2. The van der Waals surface area contributed by atoms with Crippen LogP contribution in [0.4, 0.5) is 0 Å². The molecule has 3 N–H and O–H groups in total. The topological polar surface area (TPSA) is 172 Å². The fraction of sp³-hybridized carbons (Fsp3) is 0.959. The summed E-state index contributed by atoms with van der Waals surface area (Å²) < 4.78 is 54.8. The van der Waals surface area contributed by atoms with Crippen LogP contribution in [-0.2, 0) is 46.9 Å². The Morgan fingerprint density at radius 2 is 1.28 bits per heavy atom. The first-order valence-corrected chi connectivity index (χ1v) is 30.3. The summed E-state index contributed by atoms with van der Waals surface area (Å²) in [6.45, 7) is 30.9. The van der Waals surface area contributed by atoms with E-state index in [2.05, 4.69) is 60.5 Å². The van der Waals surface area contributed by atoms with Crippen LogP contribution in [-0.4, -0.2) is 154 Å². The van der Waals surface area contributed by atoms with Gasteiger partial charge in [-0.3, -0.25) is 9.59 Å². The summed E-state index contributed by atoms with van der Waals surface area (Å²) in [6.07, 6.45) is -7.16. The van der Waals surface area contributed by atoms with Crippen molar-refractivity contribution in [3.63, 3.8) is 0 Å². The molecule has 3 aliphatic rings. The van der Waals surface area contributed by atoms with Gasteiger partial charge in [0, 0.05) is 37.3 Å². The molecular formula is C49H95NO13Si2. The predicted octanol–water partition coefficient (Wildman–Crippen LogP) is 7.84. The number of carbonyl (C=O) groups excluding carboxylic acids is 2. The molecule has 0 aromatic carbocycles. The second-order valence-corrected chi connectivity index (χ2v) is 30.6. The second kappa shape index (κ2) is 23.8. The SMILES string of the molecule is CC[C@@H]1OC(=O)[C@H](C)[C@H](O[C@@H]2C[C@@](C)(O)[C@@H](O[Si](CC)(CC)CC)[C@H](C)O2)[C@H](C)[C@@H](O[C@@H]2O[C@H](C)C[C@H](N(C)C)[C@H]2O[Si](CC)(CC)CC)[C@](C)(OC)C[C@@H](C)C(=O)[C@H](C)[C@H](O)[C@]1(C)O. The standard InChI is InChI=1S/C49H95NO13Si2/c1-20-37-49(16,55)42(52)32(10)39(51)30(8)28-48(15,56-19)43(61-46-41(62-64(21-2,22-3)23-4)36(50(17)18)27-31(9)57-46)33(11)40(34(12)45(53)59-37)60-38-29-47(14,54)44(35(13)58-38)63-65(24-5,25-6)26-7/h30-38,40-44,46,52,54-55H,20-29H2,1-19H3/t30-,31-,32+,33+,34-,35+,36+,37+,38-,40-,41-,42+,43-,44+,46+,47-,48-,49-/m1/s1. The van der Waals surface area contributed by atoms with Gasteiger partial charge in [-0.05, 0) is 111 Å². The summed E-state index contributed by atoms with van der Waals surface area (Å²) in [5.74, 6) is -4.31. The summed E-state index contributed by atoms with van der Waals surface area (Å²) in [5.41, 5.74) is -4.53. The Kier molecular flexibility index (Phi) is 21.4. The molecule has 18 atom stereocenters. The van der Waals surface area contributed by atoms with Crippen molar-refractivity contribution >= 4 is 28.4 Å². The maximum Gasteiger partial charge on any atom is 0.311 e. The van der Waals surface area contributed by atoms with Crippen LogP contribution in [0.25, 0.3) is 0 Å². The van der Waals surface area contributed by atoms with Crippen LogP contribution in [0.1, 0.15) is 136 Å². The lowest BCUT2D eigenvalue weighted by molar-refractivity contribution is -0.315. The lowest BCUT2D eigenvalue weighted by Gasteiger charge is -2.51. The van der Waals surface area contributed by atoms with Gasteiger partial charge >= 0.3 is 5.97 Å². The van der Waals surface area contributed by atoms with Crippen molar-refractivity contribution in [1.82, 2.24) is 4.90 Å². The molecule has 14 nitrogen and oxygen atoms in total. The van der Waals surface area contributed by atoms with Crippen molar-refractivity contribution in [1.29, 1.82) is 0 Å². The molecule has 0 aromatic rings. The monoisotopic (exact) mass is 962 g/mol. The quantitative estimate of drug-likeness (QED) is 0.0951. The highest BCUT2D eigenvalue weighted by Gasteiger charge is 2.55. The first-order chi connectivity index (χ1) is 30.2. The number of ether oxygens (including phenoxy) is 6. The third kappa shape index (κ3) is 13.1. The maximum atomic E-state index is 14.7. The molecule has 0 bridgehead atoms. The molecule has 0 radical (unpaired) electrons. The number of carbonyl (C=O) groups is 2. The zero-order valence-electron chi connectivity index (χ0n) is 44.1. The Balaban J connectivity index is 2.31. The van der Waals surface area contributed by atoms with E-state index in [4.69, 9.17) is 37.3 Å². The van der Waals surface area contributed by atoms with Gasteiger partial charge in [0.25, 0.3) is 0 Å². The zero-order valence-corrected chi connectivity index (χ0v) is 46.1. The van der Waals surface area contributed by atoms with Crippen molar-refractivity contribution in [2.45, 2.75) is 257 Å². The first kappa shape index (κ1) is 58.4. The van der Waals surface area contributed by atoms with Gasteiger partial charge in [0.1, 0.15) is 23.6 Å². The summed E-state index contributed by atoms with van der Waals surface area (Å²) in [5, 5.41) is 35.8. The highest BCUT2D eigenvalue weighted by atomic mass is 28.4. The van der Waals surface area contributed by atoms with E-state index in [9.17, 15) is 24.9 Å². The van der Waals surface area contributed by atoms with Crippen molar-refractivity contribution in [3.05, 3.63) is 0 Å². The molecule has 0 amide bonds. The average molecular weight is 962 g/mol. The Morgan fingerprint density at radius 3 is 1.75 bits per heavy atom. The van der Waals surface area contributed by atoms with E-state index < -0.39 is 118 Å². The normalized spacial score (nSPS) is 42.2. The minimum atomic E-state index is -2.25. The van der Waals surface area contributed by atoms with Crippen LogP contribution in [0.3, 0.4) is 0 Å². The van der Waals surface area contributed by atoms with Gasteiger partial charge in [-0.1, -0.05) is 69.2 Å². The Bertz CT molecular complexity index is 1480. The Hall–Kier alpha value is -0.866. The minimum Gasteiger partial charge on any atom is -0.459 e. The van der Waals surface area contributed by atoms with Gasteiger partial charge in [-0.25, -0.2) is 0 Å². The number of Topliss-reactive ketones (excluding diaryl/α,β-unsaturated/α-hetero) is 1. The van der Waals surface area contributed by atoms with Gasteiger partial charge in [0.2, 0.25) is 0 Å². The lowest BCUT2D eigenvalue weighted by Crippen LogP contribution is -2.63. The molecule has 3 aliphatic heterocycles. The third-order valence-corrected chi connectivity index (χ3v) is 25.6. The molecule has 0 spiro atoms. The Labute approximate surface area is 396 Å². The van der Waals surface area contributed by atoms with E-state index in [0.29, 0.717) is 0 Å². The van der Waals surface area contributed by atoms with Gasteiger partial charge in [-0.15, -0.1) is 0 Å². The van der Waals surface area contributed by atoms with Crippen LogP contribution < -0.4 is 0 Å². The highest BCUT2D eigenvalue weighted by molar-refractivity contribution is 6.74. The molecule has 16 heteroatoms. The van der Waals surface area contributed by atoms with E-state index in [1.165, 1.54) is 6.92 Å². The number of likely N-dealkylation sites (N-methyl/N-ethyl adjacent to an activating group) is 1. The number of ketones is 1. The summed E-state index contributed by atoms with van der Waals surface area (Å²) >= 11 is 0. The van der Waals surface area contributed by atoms with E-state index in [1.807, 2.05) is 27.7 Å². The second-order valence-electron chi connectivity index (χ2n) is 21.1. The van der Waals surface area contributed by atoms with Crippen LogP contribution in [0.15, 0.2) is 0 Å². The molecule has 0 aromatic heterocycles. The third-order valence-electron chi connectivity index (χ3n) is 16.4. The van der Waals surface area contributed by atoms with Crippen molar-refractivity contribution < 1.29 is 62.2 Å². The molecule has 65 heavy (non-hydrogen) atoms. The van der Waals surface area contributed by atoms with Gasteiger partial charge in [-0.2, -0.15) is 0 Å². The molecule has 0 saturated carbocycles. The Morgan fingerprint density at radius 1 is 0.738 bits per heavy atom. The number of nitrogens with zero attached hydrogens (tertiary/aromatic N) is 1. The van der Waals surface area contributed by atoms with E-state index in [0.717, 1.165) is 42.7 Å². The fourth-order valence-electron chi connectivity index (χ4n) is 11.3. The molecular weight excluding hydrogens is 867 g/mol. The van der Waals surface area contributed by atoms with Crippen LogP contribution in [0, 0.1) is 23.7 Å². The molecule has 3 fully saturated rings. The number of aliphatic hydroxyl groups is 3. The van der Waals surface area contributed by atoms with Crippen molar-refractivity contribution in [2.24, 2.45) is 23.7 Å². The van der Waals surface area contributed by atoms with Crippen LogP contribution in [0.5, 0.6) is 0 Å². The fourth-order valence-corrected chi connectivity index (χ4v) is 17.1. The summed E-state index contributed by atoms with van der Waals surface area (Å²) in [6, 6.07) is 5.45. The summed E-state index contributed by atoms with van der Waals surface area (Å²) in [4.78, 5) is 31.2. The van der Waals surface area contributed by atoms with Gasteiger partial charge in [0.05, 0.1) is 53.7 Å². The van der Waals surface area contributed by atoms with Gasteiger partial charge in [0.15, 0.2) is 29.2 Å². The average Bonchev–Trinajstić information content (AvgIpc) is 3.26. The smallest absolute Gasteiger partial charge is 0.311 e. The number of cyclic esters (lactones) is 1. The minimum absolute atomic E-state index is 0.0464. The number of hydrogen-bond acceptors (Lipinski definition) is 14. The molecule has 3 saturated heterocycles. The molecule has 3 rings (SSSR count). The zero-order chi connectivity index (χ0) is 49.6. The van der Waals surface area contributed by atoms with Crippen LogP contribution >= 0.6 is 0 Å². The molecule has 3 heterocycles. The van der Waals surface area contributed by atoms with Crippen molar-refractivity contribution in [3.8, 4) is 0 Å². The number of esters is 1. The largest absolute Gasteiger partial charge is 0.459 e. The molecule has 382 valence electrons. The van der Waals surface area contributed by atoms with Crippen molar-refractivity contribution in [2.75, 3.05) is 21.2 Å². The maximum absolute atomic E-state index is 14.7. The molecule has 0 unspecified atom stereocenters. The summed E-state index contributed by atoms with van der Waals surface area (Å²) in [7, 11) is 1.28. The number of rotatable bonds is 17. The number of hydrogen-bond donors (Lipinski definition) is 3. The van der Waals surface area contributed by atoms with E-state index in [1.54, 1.807) is 41.7 Å². The predicted molar refractivity (Wildman–Crippen MR) is 258 cm³/mol. The van der Waals surface area contributed by atoms with E-state index >= 15 is 0 Å². The number of methoxy groups -OCH3 is 1. The lowest BCUT2D eigenvalue weighted by atomic mass is 9.74.